The maximum Gasteiger partial charge on any atom is 0.251 e. The van der Waals surface area contributed by atoms with Crippen LogP contribution < -0.4 is 5.32 Å². The van der Waals surface area contributed by atoms with E-state index in [2.05, 4.69) is 5.32 Å². The van der Waals surface area contributed by atoms with Crippen LogP contribution in [0.2, 0.25) is 0 Å². The van der Waals surface area contributed by atoms with E-state index >= 15 is 0 Å². The highest BCUT2D eigenvalue weighted by Gasteiger charge is 2.10. The van der Waals surface area contributed by atoms with Gasteiger partial charge >= 0.3 is 0 Å². The molecule has 16 heavy (non-hydrogen) atoms. The molecule has 1 rings (SSSR count). The predicted molar refractivity (Wildman–Crippen MR) is 64.6 cm³/mol. The Morgan fingerprint density at radius 3 is 2.44 bits per heavy atom. The summed E-state index contributed by atoms with van der Waals surface area (Å²) in [5.41, 5.74) is 2.77. The lowest BCUT2D eigenvalue weighted by molar-refractivity contribution is 0.0951. The molecule has 0 fully saturated rings. The van der Waals surface area contributed by atoms with Gasteiger partial charge < -0.3 is 10.4 Å². The quantitative estimate of drug-likeness (QED) is 0.745. The number of carbonyl (C=O) groups excluding carboxylic acids is 1. The lowest BCUT2D eigenvalue weighted by Crippen LogP contribution is -2.26. The number of unbranched alkanes of at least 4 members (excludes halogenated alkanes) is 1. The van der Waals surface area contributed by atoms with E-state index in [0.29, 0.717) is 6.54 Å². The SMILES string of the molecule is Cc1cccc(C)c1C(=O)NCCCCO. The van der Waals surface area contributed by atoms with Gasteiger partial charge in [-0.1, -0.05) is 18.2 Å². The van der Waals surface area contributed by atoms with E-state index in [1.165, 1.54) is 0 Å². The van der Waals surface area contributed by atoms with Crippen LogP contribution >= 0.6 is 0 Å². The van der Waals surface area contributed by atoms with Crippen LogP contribution in [0.3, 0.4) is 0 Å². The van der Waals surface area contributed by atoms with E-state index in [1.807, 2.05) is 32.0 Å². The first kappa shape index (κ1) is 12.7. The van der Waals surface area contributed by atoms with Crippen LogP contribution in [0.5, 0.6) is 0 Å². The van der Waals surface area contributed by atoms with Gasteiger partial charge in [0.1, 0.15) is 0 Å². The number of aliphatic hydroxyl groups is 1. The van der Waals surface area contributed by atoms with Gasteiger partial charge in [0.2, 0.25) is 0 Å². The molecule has 0 saturated carbocycles. The van der Waals surface area contributed by atoms with Crippen molar-refractivity contribution in [2.24, 2.45) is 0 Å². The molecule has 0 heterocycles. The summed E-state index contributed by atoms with van der Waals surface area (Å²) in [6, 6.07) is 5.83. The van der Waals surface area contributed by atoms with Gasteiger partial charge in [-0.25, -0.2) is 0 Å². The highest BCUT2D eigenvalue weighted by molar-refractivity contribution is 5.96. The second-order valence-corrected chi connectivity index (χ2v) is 3.95. The number of hydrogen-bond acceptors (Lipinski definition) is 2. The molecule has 0 aliphatic carbocycles. The monoisotopic (exact) mass is 221 g/mol. The van der Waals surface area contributed by atoms with Crippen LogP contribution in [0, 0.1) is 13.8 Å². The van der Waals surface area contributed by atoms with Crippen LogP contribution in [-0.2, 0) is 0 Å². The lowest BCUT2D eigenvalue weighted by Gasteiger charge is -2.09. The number of rotatable bonds is 5. The summed E-state index contributed by atoms with van der Waals surface area (Å²) >= 11 is 0. The molecule has 1 amide bonds. The zero-order valence-corrected chi connectivity index (χ0v) is 9.92. The van der Waals surface area contributed by atoms with E-state index in [0.717, 1.165) is 29.5 Å². The van der Waals surface area contributed by atoms with E-state index < -0.39 is 0 Å². The van der Waals surface area contributed by atoms with Crippen molar-refractivity contribution in [1.29, 1.82) is 0 Å². The van der Waals surface area contributed by atoms with E-state index in [9.17, 15) is 4.79 Å². The summed E-state index contributed by atoms with van der Waals surface area (Å²) < 4.78 is 0. The Hall–Kier alpha value is -1.35. The van der Waals surface area contributed by atoms with Gasteiger partial charge in [-0.2, -0.15) is 0 Å². The molecule has 88 valence electrons. The number of hydrogen-bond donors (Lipinski definition) is 2. The maximum atomic E-state index is 11.9. The minimum absolute atomic E-state index is 0.0199. The van der Waals surface area contributed by atoms with Crippen LogP contribution in [0.25, 0.3) is 0 Å². The van der Waals surface area contributed by atoms with Gasteiger partial charge in [0.05, 0.1) is 0 Å². The summed E-state index contributed by atoms with van der Waals surface area (Å²) in [7, 11) is 0. The highest BCUT2D eigenvalue weighted by Crippen LogP contribution is 2.12. The molecule has 0 aliphatic heterocycles. The normalized spacial score (nSPS) is 10.2. The first-order valence-electron chi connectivity index (χ1n) is 5.62. The molecule has 0 saturated heterocycles. The van der Waals surface area contributed by atoms with E-state index in [1.54, 1.807) is 0 Å². The Balaban J connectivity index is 2.59. The zero-order chi connectivity index (χ0) is 12.0. The van der Waals surface area contributed by atoms with Crippen molar-refractivity contribution >= 4 is 5.91 Å². The van der Waals surface area contributed by atoms with Crippen LogP contribution in [0.4, 0.5) is 0 Å². The molecule has 0 aromatic heterocycles. The first-order valence-corrected chi connectivity index (χ1v) is 5.62. The molecular formula is C13H19NO2. The summed E-state index contributed by atoms with van der Waals surface area (Å²) in [6.45, 7) is 4.68. The Morgan fingerprint density at radius 1 is 1.25 bits per heavy atom. The summed E-state index contributed by atoms with van der Waals surface area (Å²) in [5, 5.41) is 11.5. The Bertz CT molecular complexity index is 341. The standard InChI is InChI=1S/C13H19NO2/c1-10-6-5-7-11(2)12(10)13(16)14-8-3-4-9-15/h5-7,15H,3-4,8-9H2,1-2H3,(H,14,16). The van der Waals surface area contributed by atoms with Gasteiger partial charge in [-0.3, -0.25) is 4.79 Å². The lowest BCUT2D eigenvalue weighted by atomic mass is 10.0. The number of aliphatic hydroxyl groups excluding tert-OH is 1. The van der Waals surface area contributed by atoms with Crippen molar-refractivity contribution in [1.82, 2.24) is 5.32 Å². The van der Waals surface area contributed by atoms with Crippen molar-refractivity contribution in [3.05, 3.63) is 34.9 Å². The minimum atomic E-state index is -0.0199. The average Bonchev–Trinajstić information content (AvgIpc) is 2.24. The number of aryl methyl sites for hydroxylation is 2. The van der Waals surface area contributed by atoms with Gasteiger partial charge in [0, 0.05) is 18.7 Å². The van der Waals surface area contributed by atoms with Crippen molar-refractivity contribution < 1.29 is 9.90 Å². The predicted octanol–water partition coefficient (Wildman–Crippen LogP) is 1.81. The van der Waals surface area contributed by atoms with Crippen molar-refractivity contribution in [3.63, 3.8) is 0 Å². The Labute approximate surface area is 96.5 Å². The number of carbonyl (C=O) groups is 1. The third kappa shape index (κ3) is 3.35. The molecule has 1 aromatic rings. The summed E-state index contributed by atoms with van der Waals surface area (Å²) in [5.74, 6) is -0.0199. The number of nitrogens with one attached hydrogen (secondary N) is 1. The fourth-order valence-corrected chi connectivity index (χ4v) is 1.70. The molecule has 3 heteroatoms. The summed E-state index contributed by atoms with van der Waals surface area (Å²) in [4.78, 5) is 11.9. The second-order valence-electron chi connectivity index (χ2n) is 3.95. The first-order chi connectivity index (χ1) is 7.66. The molecule has 0 unspecified atom stereocenters. The molecule has 1 aromatic carbocycles. The van der Waals surface area contributed by atoms with Crippen LogP contribution in [0.1, 0.15) is 34.3 Å². The molecule has 0 spiro atoms. The fraction of sp³-hybridized carbons (Fsp3) is 0.462. The third-order valence-corrected chi connectivity index (χ3v) is 2.58. The molecule has 2 N–H and O–H groups in total. The Kier molecular flexibility index (Phi) is 4.99. The average molecular weight is 221 g/mol. The molecule has 0 radical (unpaired) electrons. The molecule has 0 atom stereocenters. The molecule has 0 aliphatic rings. The smallest absolute Gasteiger partial charge is 0.251 e. The molecular weight excluding hydrogens is 202 g/mol. The fourth-order valence-electron chi connectivity index (χ4n) is 1.70. The number of benzene rings is 1. The van der Waals surface area contributed by atoms with Gasteiger partial charge in [-0.05, 0) is 37.8 Å². The van der Waals surface area contributed by atoms with Gasteiger partial charge in [0.25, 0.3) is 5.91 Å². The van der Waals surface area contributed by atoms with Crippen LogP contribution in [0.15, 0.2) is 18.2 Å². The largest absolute Gasteiger partial charge is 0.396 e. The zero-order valence-electron chi connectivity index (χ0n) is 9.92. The van der Waals surface area contributed by atoms with E-state index in [4.69, 9.17) is 5.11 Å². The van der Waals surface area contributed by atoms with Crippen molar-refractivity contribution in [2.45, 2.75) is 26.7 Å². The molecule has 0 bridgehead atoms. The topological polar surface area (TPSA) is 49.3 Å². The Morgan fingerprint density at radius 2 is 1.88 bits per heavy atom. The number of amides is 1. The van der Waals surface area contributed by atoms with Gasteiger partial charge in [0.15, 0.2) is 0 Å². The third-order valence-electron chi connectivity index (χ3n) is 2.58. The summed E-state index contributed by atoms with van der Waals surface area (Å²) in [6.07, 6.45) is 1.54. The van der Waals surface area contributed by atoms with Gasteiger partial charge in [-0.15, -0.1) is 0 Å². The second kappa shape index (κ2) is 6.28. The van der Waals surface area contributed by atoms with Crippen molar-refractivity contribution in [3.8, 4) is 0 Å². The minimum Gasteiger partial charge on any atom is -0.396 e. The van der Waals surface area contributed by atoms with Crippen molar-refractivity contribution in [2.75, 3.05) is 13.2 Å². The highest BCUT2D eigenvalue weighted by atomic mass is 16.2. The van der Waals surface area contributed by atoms with Crippen LogP contribution in [-0.4, -0.2) is 24.2 Å². The van der Waals surface area contributed by atoms with E-state index in [-0.39, 0.29) is 12.5 Å². The maximum absolute atomic E-state index is 11.9. The molecule has 3 nitrogen and oxygen atoms in total.